The summed E-state index contributed by atoms with van der Waals surface area (Å²) in [5.74, 6) is 0. The van der Waals surface area contributed by atoms with Gasteiger partial charge in [0, 0.05) is 9.81 Å². The summed E-state index contributed by atoms with van der Waals surface area (Å²) in [5, 5.41) is 0. The fraction of sp³-hybridized carbons (Fsp3) is 0.667. The minimum absolute atomic E-state index is 0.242. The second kappa shape index (κ2) is 7.90. The summed E-state index contributed by atoms with van der Waals surface area (Å²) in [5.41, 5.74) is 0. The van der Waals surface area contributed by atoms with Crippen molar-refractivity contribution in [1.29, 1.82) is 0 Å². The number of hydrogen-bond acceptors (Lipinski definition) is 6. The summed E-state index contributed by atoms with van der Waals surface area (Å²) >= 11 is 8.19. The van der Waals surface area contributed by atoms with Gasteiger partial charge >= 0.3 is 0 Å². The lowest BCUT2D eigenvalue weighted by molar-refractivity contribution is -0.267. The van der Waals surface area contributed by atoms with E-state index in [9.17, 15) is 0 Å². The average Bonchev–Trinajstić information content (AvgIpc) is 2.10. The Kier molecular flexibility index (Phi) is 8.09. The van der Waals surface area contributed by atoms with Crippen LogP contribution in [0.5, 0.6) is 0 Å². The molecule has 0 saturated carbocycles. The molecule has 4 nitrogen and oxygen atoms in total. The standard InChI is InChI=1S/C6H12O4S2/c1-7-9-3-5(11)6(12)4-10-8-2/h11-12H,3-4H2,1-2H3/b6-5-. The molecule has 0 N–H and O–H groups in total. The van der Waals surface area contributed by atoms with Crippen molar-refractivity contribution in [2.24, 2.45) is 0 Å². The van der Waals surface area contributed by atoms with Gasteiger partial charge in [-0.3, -0.25) is 0 Å². The van der Waals surface area contributed by atoms with Crippen LogP contribution in [0.1, 0.15) is 0 Å². The SMILES string of the molecule is COOC/C(S)=C(/S)COOC. The molecule has 72 valence electrons. The van der Waals surface area contributed by atoms with Crippen molar-refractivity contribution >= 4 is 25.3 Å². The molecular formula is C6H12O4S2. The van der Waals surface area contributed by atoms with Crippen LogP contribution < -0.4 is 0 Å². The van der Waals surface area contributed by atoms with E-state index in [0.29, 0.717) is 9.81 Å². The van der Waals surface area contributed by atoms with E-state index < -0.39 is 0 Å². The fourth-order valence-corrected chi connectivity index (χ4v) is 0.631. The molecule has 0 spiro atoms. The van der Waals surface area contributed by atoms with Gasteiger partial charge < -0.3 is 0 Å². The van der Waals surface area contributed by atoms with E-state index in [0.717, 1.165) is 0 Å². The molecule has 0 heterocycles. The molecule has 0 unspecified atom stereocenters. The Bertz CT molecular complexity index is 132. The van der Waals surface area contributed by atoms with E-state index >= 15 is 0 Å². The highest BCUT2D eigenvalue weighted by molar-refractivity contribution is 7.88. The van der Waals surface area contributed by atoms with Crippen LogP contribution in [-0.2, 0) is 19.6 Å². The summed E-state index contributed by atoms with van der Waals surface area (Å²) in [6.45, 7) is 0.483. The van der Waals surface area contributed by atoms with Crippen LogP contribution in [0.15, 0.2) is 9.81 Å². The molecule has 6 heteroatoms. The summed E-state index contributed by atoms with van der Waals surface area (Å²) in [6, 6.07) is 0. The fourth-order valence-electron chi connectivity index (χ4n) is 0.396. The molecule has 0 amide bonds. The van der Waals surface area contributed by atoms with E-state index in [1.54, 1.807) is 0 Å². The Balaban J connectivity index is 3.72. The second-order valence-electron chi connectivity index (χ2n) is 1.75. The van der Waals surface area contributed by atoms with Gasteiger partial charge in [0.15, 0.2) is 0 Å². The second-order valence-corrected chi connectivity index (χ2v) is 2.83. The van der Waals surface area contributed by atoms with Crippen molar-refractivity contribution in [2.45, 2.75) is 0 Å². The van der Waals surface area contributed by atoms with Crippen LogP contribution in [-0.4, -0.2) is 27.4 Å². The Morgan fingerprint density at radius 3 is 1.50 bits per heavy atom. The maximum Gasteiger partial charge on any atom is 0.114 e. The van der Waals surface area contributed by atoms with E-state index in [1.807, 2.05) is 0 Å². The van der Waals surface area contributed by atoms with Crippen molar-refractivity contribution in [3.05, 3.63) is 9.81 Å². The number of rotatable bonds is 6. The quantitative estimate of drug-likeness (QED) is 0.394. The van der Waals surface area contributed by atoms with Crippen molar-refractivity contribution in [3.8, 4) is 0 Å². The highest BCUT2D eigenvalue weighted by Gasteiger charge is 2.00. The minimum Gasteiger partial charge on any atom is -0.240 e. The third-order valence-corrected chi connectivity index (χ3v) is 1.93. The molecule has 0 aromatic carbocycles. The van der Waals surface area contributed by atoms with E-state index in [-0.39, 0.29) is 13.2 Å². The molecule has 0 aliphatic rings. The maximum atomic E-state index is 4.62. The van der Waals surface area contributed by atoms with Gasteiger partial charge in [-0.1, -0.05) is 0 Å². The van der Waals surface area contributed by atoms with Gasteiger partial charge in [-0.25, -0.2) is 19.6 Å². The van der Waals surface area contributed by atoms with Crippen molar-refractivity contribution in [3.63, 3.8) is 0 Å². The van der Waals surface area contributed by atoms with Gasteiger partial charge in [0.05, 0.1) is 14.2 Å². The zero-order chi connectivity index (χ0) is 9.40. The molecule has 0 radical (unpaired) electrons. The van der Waals surface area contributed by atoms with Crippen molar-refractivity contribution in [1.82, 2.24) is 0 Å². The smallest absolute Gasteiger partial charge is 0.114 e. The Morgan fingerprint density at radius 1 is 0.917 bits per heavy atom. The lowest BCUT2D eigenvalue weighted by Crippen LogP contribution is -1.99. The number of hydrogen-bond donors (Lipinski definition) is 2. The highest BCUT2D eigenvalue weighted by Crippen LogP contribution is 2.13. The summed E-state index contributed by atoms with van der Waals surface area (Å²) < 4.78 is 0. The van der Waals surface area contributed by atoms with Crippen molar-refractivity contribution in [2.75, 3.05) is 27.4 Å². The topological polar surface area (TPSA) is 36.9 Å². The lowest BCUT2D eigenvalue weighted by atomic mass is 10.5. The predicted octanol–water partition coefficient (Wildman–Crippen LogP) is 1.21. The van der Waals surface area contributed by atoms with Gasteiger partial charge in [0.1, 0.15) is 13.2 Å². The maximum absolute atomic E-state index is 4.62. The molecule has 0 aromatic heterocycles. The first-order chi connectivity index (χ1) is 5.72. The zero-order valence-corrected chi connectivity index (χ0v) is 8.73. The predicted molar refractivity (Wildman–Crippen MR) is 50.9 cm³/mol. The van der Waals surface area contributed by atoms with Crippen LogP contribution in [0, 0.1) is 0 Å². The first-order valence-corrected chi connectivity index (χ1v) is 4.03. The molecule has 0 rings (SSSR count). The van der Waals surface area contributed by atoms with Crippen LogP contribution >= 0.6 is 25.3 Å². The first-order valence-electron chi connectivity index (χ1n) is 3.13. The van der Waals surface area contributed by atoms with Gasteiger partial charge in [0.2, 0.25) is 0 Å². The van der Waals surface area contributed by atoms with E-state index in [1.165, 1.54) is 14.2 Å². The number of thiol groups is 2. The van der Waals surface area contributed by atoms with E-state index in [4.69, 9.17) is 0 Å². The monoisotopic (exact) mass is 212 g/mol. The largest absolute Gasteiger partial charge is 0.240 e. The third kappa shape index (κ3) is 5.87. The van der Waals surface area contributed by atoms with E-state index in [2.05, 4.69) is 44.8 Å². The highest BCUT2D eigenvalue weighted by atomic mass is 32.1. The van der Waals surface area contributed by atoms with Gasteiger partial charge in [-0.05, 0) is 0 Å². The van der Waals surface area contributed by atoms with Gasteiger partial charge in [-0.2, -0.15) is 0 Å². The third-order valence-electron chi connectivity index (χ3n) is 0.960. The summed E-state index contributed by atoms with van der Waals surface area (Å²) in [7, 11) is 2.84. The Hall–Kier alpha value is 0.280. The lowest BCUT2D eigenvalue weighted by Gasteiger charge is -2.04. The summed E-state index contributed by atoms with van der Waals surface area (Å²) in [6.07, 6.45) is 0. The molecule has 12 heavy (non-hydrogen) atoms. The average molecular weight is 212 g/mol. The Labute approximate surface area is 82.5 Å². The normalized spacial score (nSPS) is 13.0. The first kappa shape index (κ1) is 12.3. The molecule has 0 aliphatic carbocycles. The van der Waals surface area contributed by atoms with Gasteiger partial charge in [0.25, 0.3) is 0 Å². The summed E-state index contributed by atoms with van der Waals surface area (Å²) in [4.78, 5) is 19.3. The molecule has 0 atom stereocenters. The molecule has 0 aliphatic heterocycles. The zero-order valence-electron chi connectivity index (χ0n) is 6.94. The molecule has 0 aromatic rings. The molecular weight excluding hydrogens is 200 g/mol. The van der Waals surface area contributed by atoms with Crippen LogP contribution in [0.25, 0.3) is 0 Å². The van der Waals surface area contributed by atoms with Gasteiger partial charge in [-0.15, -0.1) is 25.3 Å². The molecule has 0 saturated heterocycles. The van der Waals surface area contributed by atoms with Crippen LogP contribution in [0.3, 0.4) is 0 Å². The molecule has 0 bridgehead atoms. The Morgan fingerprint density at radius 2 is 1.25 bits per heavy atom. The van der Waals surface area contributed by atoms with Crippen LogP contribution in [0.2, 0.25) is 0 Å². The van der Waals surface area contributed by atoms with Crippen molar-refractivity contribution < 1.29 is 19.6 Å². The van der Waals surface area contributed by atoms with Crippen LogP contribution in [0.4, 0.5) is 0 Å². The minimum atomic E-state index is 0.242. The molecule has 0 fully saturated rings.